The van der Waals surface area contributed by atoms with Gasteiger partial charge < -0.3 is 10.6 Å². The summed E-state index contributed by atoms with van der Waals surface area (Å²) in [5.41, 5.74) is 3.24. The maximum absolute atomic E-state index is 12.3. The Morgan fingerprint density at radius 3 is 2.72 bits per heavy atom. The van der Waals surface area contributed by atoms with Crippen molar-refractivity contribution in [2.45, 2.75) is 18.7 Å². The van der Waals surface area contributed by atoms with Crippen LogP contribution in [0, 0.1) is 0 Å². The number of aliphatic imine (C=N–C) groups is 1. The first-order valence-corrected chi connectivity index (χ1v) is 11.1. The number of nitrogens with zero attached hydrogens (tertiary/aromatic N) is 3. The molecule has 2 N–H and O–H groups in total. The molecule has 1 heterocycles. The van der Waals surface area contributed by atoms with Crippen LogP contribution >= 0.6 is 0 Å². The molecule has 152 valence electrons. The van der Waals surface area contributed by atoms with E-state index in [2.05, 4.69) is 39.8 Å². The van der Waals surface area contributed by atoms with Crippen LogP contribution < -0.4 is 10.6 Å². The Bertz CT molecular complexity index is 941. The quantitative estimate of drug-likeness (QED) is 0.443. The van der Waals surface area contributed by atoms with Crippen LogP contribution in [0.3, 0.4) is 0 Å². The van der Waals surface area contributed by atoms with Crippen molar-refractivity contribution >= 4 is 16.8 Å². The molecule has 3 aromatic rings. The SMILES string of the molecule is CN=C(NCCS(=O)Cc1ccccc1)NC(C)c1cccc(-n2cccn2)c1. The summed E-state index contributed by atoms with van der Waals surface area (Å²) in [7, 11) is 0.826. The van der Waals surface area contributed by atoms with E-state index in [4.69, 9.17) is 0 Å². The van der Waals surface area contributed by atoms with Crippen molar-refractivity contribution in [1.29, 1.82) is 0 Å². The van der Waals surface area contributed by atoms with Crippen LogP contribution in [0.1, 0.15) is 24.1 Å². The fourth-order valence-electron chi connectivity index (χ4n) is 2.96. The third kappa shape index (κ3) is 6.29. The van der Waals surface area contributed by atoms with Gasteiger partial charge in [-0.15, -0.1) is 0 Å². The maximum atomic E-state index is 12.3. The number of guanidine groups is 1. The van der Waals surface area contributed by atoms with Crippen molar-refractivity contribution in [3.63, 3.8) is 0 Å². The molecule has 0 saturated carbocycles. The molecule has 0 aliphatic rings. The van der Waals surface area contributed by atoms with Gasteiger partial charge in [0.15, 0.2) is 5.96 Å². The van der Waals surface area contributed by atoms with Crippen molar-refractivity contribution in [1.82, 2.24) is 20.4 Å². The van der Waals surface area contributed by atoms with Gasteiger partial charge in [0.25, 0.3) is 0 Å². The number of hydrogen-bond donors (Lipinski definition) is 2. The molecule has 2 atom stereocenters. The van der Waals surface area contributed by atoms with Crippen LogP contribution in [0.5, 0.6) is 0 Å². The number of aromatic nitrogens is 2. The highest BCUT2D eigenvalue weighted by atomic mass is 32.2. The number of benzene rings is 2. The Morgan fingerprint density at radius 1 is 1.17 bits per heavy atom. The zero-order valence-corrected chi connectivity index (χ0v) is 17.6. The van der Waals surface area contributed by atoms with Gasteiger partial charge in [-0.05, 0) is 36.2 Å². The predicted octanol–water partition coefficient (Wildman–Crippen LogP) is 3.05. The molecule has 2 unspecified atom stereocenters. The van der Waals surface area contributed by atoms with E-state index >= 15 is 0 Å². The summed E-state index contributed by atoms with van der Waals surface area (Å²) in [4.78, 5) is 4.28. The first kappa shape index (κ1) is 20.8. The zero-order valence-electron chi connectivity index (χ0n) is 16.8. The summed E-state index contributed by atoms with van der Waals surface area (Å²) >= 11 is 0. The molecule has 0 spiro atoms. The Balaban J connectivity index is 1.49. The lowest BCUT2D eigenvalue weighted by molar-refractivity contribution is 0.676. The van der Waals surface area contributed by atoms with E-state index in [0.717, 1.165) is 16.8 Å². The summed E-state index contributed by atoms with van der Waals surface area (Å²) in [5.74, 6) is 1.84. The van der Waals surface area contributed by atoms with E-state index in [9.17, 15) is 4.21 Å². The van der Waals surface area contributed by atoms with Gasteiger partial charge >= 0.3 is 0 Å². The molecule has 0 aliphatic heterocycles. The molecule has 0 radical (unpaired) electrons. The molecular weight excluding hydrogens is 382 g/mol. The lowest BCUT2D eigenvalue weighted by Gasteiger charge is -2.19. The highest BCUT2D eigenvalue weighted by Gasteiger charge is 2.10. The van der Waals surface area contributed by atoms with E-state index in [1.807, 2.05) is 59.4 Å². The van der Waals surface area contributed by atoms with E-state index in [1.54, 1.807) is 13.2 Å². The number of nitrogens with one attached hydrogen (secondary N) is 2. The third-order valence-electron chi connectivity index (χ3n) is 4.51. The van der Waals surface area contributed by atoms with Gasteiger partial charge in [0.2, 0.25) is 0 Å². The minimum Gasteiger partial charge on any atom is -0.355 e. The Kier molecular flexibility index (Phi) is 7.58. The van der Waals surface area contributed by atoms with Crippen LogP contribution in [-0.2, 0) is 16.6 Å². The van der Waals surface area contributed by atoms with Crippen molar-refractivity contribution in [2.75, 3.05) is 19.3 Å². The second kappa shape index (κ2) is 10.6. The van der Waals surface area contributed by atoms with E-state index in [-0.39, 0.29) is 6.04 Å². The topological polar surface area (TPSA) is 71.3 Å². The van der Waals surface area contributed by atoms with E-state index in [1.165, 1.54) is 0 Å². The summed E-state index contributed by atoms with van der Waals surface area (Å²) in [6.45, 7) is 2.68. The molecular formula is C22H27N5OS. The van der Waals surface area contributed by atoms with Crippen LogP contribution in [0.25, 0.3) is 5.69 Å². The van der Waals surface area contributed by atoms with Crippen LogP contribution in [-0.4, -0.2) is 39.3 Å². The molecule has 0 amide bonds. The van der Waals surface area contributed by atoms with Gasteiger partial charge in [0, 0.05) is 48.3 Å². The molecule has 6 nitrogen and oxygen atoms in total. The Labute approximate surface area is 174 Å². The van der Waals surface area contributed by atoms with Gasteiger partial charge in [-0.2, -0.15) is 5.10 Å². The molecule has 0 fully saturated rings. The van der Waals surface area contributed by atoms with Gasteiger partial charge in [-0.1, -0.05) is 42.5 Å². The van der Waals surface area contributed by atoms with Crippen molar-refractivity contribution in [3.8, 4) is 5.69 Å². The van der Waals surface area contributed by atoms with E-state index in [0.29, 0.717) is 24.0 Å². The first-order valence-electron chi connectivity index (χ1n) is 9.62. The second-order valence-electron chi connectivity index (χ2n) is 6.68. The van der Waals surface area contributed by atoms with E-state index < -0.39 is 10.8 Å². The number of rotatable bonds is 8. The van der Waals surface area contributed by atoms with Gasteiger partial charge in [0.1, 0.15) is 0 Å². The normalized spacial score (nSPS) is 13.7. The molecule has 1 aromatic heterocycles. The molecule has 7 heteroatoms. The zero-order chi connectivity index (χ0) is 20.5. The van der Waals surface area contributed by atoms with Crippen LogP contribution in [0.2, 0.25) is 0 Å². The van der Waals surface area contributed by atoms with Gasteiger partial charge in [-0.3, -0.25) is 9.20 Å². The minimum atomic E-state index is -0.913. The highest BCUT2D eigenvalue weighted by molar-refractivity contribution is 7.84. The Morgan fingerprint density at radius 2 is 2.00 bits per heavy atom. The monoisotopic (exact) mass is 409 g/mol. The van der Waals surface area contributed by atoms with Crippen molar-refractivity contribution in [2.24, 2.45) is 4.99 Å². The van der Waals surface area contributed by atoms with Gasteiger partial charge in [-0.25, -0.2) is 4.68 Å². The molecule has 0 saturated heterocycles. The third-order valence-corrected chi connectivity index (χ3v) is 5.82. The smallest absolute Gasteiger partial charge is 0.191 e. The average molecular weight is 410 g/mol. The molecule has 0 bridgehead atoms. The summed E-state index contributed by atoms with van der Waals surface area (Å²) < 4.78 is 14.1. The fourth-order valence-corrected chi connectivity index (χ4v) is 4.00. The largest absolute Gasteiger partial charge is 0.355 e. The second-order valence-corrected chi connectivity index (χ2v) is 8.26. The molecule has 3 rings (SSSR count). The standard InChI is InChI=1S/C22H27N5OS/c1-18(20-10-6-11-21(16-20)27-14-7-12-25-27)26-22(23-2)24-13-15-29(28)17-19-8-4-3-5-9-19/h3-12,14,16,18H,13,15,17H2,1-2H3,(H2,23,24,26). The Hall–Kier alpha value is -2.93. The van der Waals surface area contributed by atoms with Crippen LogP contribution in [0.4, 0.5) is 0 Å². The summed E-state index contributed by atoms with van der Waals surface area (Å²) in [5, 5.41) is 10.9. The summed E-state index contributed by atoms with van der Waals surface area (Å²) in [6, 6.07) is 20.1. The lowest BCUT2D eigenvalue weighted by Crippen LogP contribution is -2.40. The van der Waals surface area contributed by atoms with Gasteiger partial charge in [0.05, 0.1) is 11.7 Å². The lowest BCUT2D eigenvalue weighted by atomic mass is 10.1. The minimum absolute atomic E-state index is 0.0616. The van der Waals surface area contributed by atoms with Crippen molar-refractivity contribution < 1.29 is 4.21 Å². The molecule has 29 heavy (non-hydrogen) atoms. The predicted molar refractivity (Wildman–Crippen MR) is 120 cm³/mol. The summed E-state index contributed by atoms with van der Waals surface area (Å²) in [6.07, 6.45) is 3.69. The molecule has 0 aliphatic carbocycles. The number of hydrogen-bond acceptors (Lipinski definition) is 3. The van der Waals surface area contributed by atoms with Crippen LogP contribution in [0.15, 0.2) is 78.0 Å². The fraction of sp³-hybridized carbons (Fsp3) is 0.273. The average Bonchev–Trinajstić information content (AvgIpc) is 3.29. The highest BCUT2D eigenvalue weighted by Crippen LogP contribution is 2.16. The first-order chi connectivity index (χ1) is 14.2. The molecule has 2 aromatic carbocycles. The van der Waals surface area contributed by atoms with Crippen molar-refractivity contribution in [3.05, 3.63) is 84.2 Å². The maximum Gasteiger partial charge on any atom is 0.191 e.